The van der Waals surface area contributed by atoms with Crippen LogP contribution in [0.2, 0.25) is 0 Å². The van der Waals surface area contributed by atoms with E-state index in [4.69, 9.17) is 4.74 Å². The van der Waals surface area contributed by atoms with Crippen LogP contribution >= 0.6 is 0 Å². The fraction of sp³-hybridized carbons (Fsp3) is 0.923. The number of amides is 1. The van der Waals surface area contributed by atoms with E-state index in [1.807, 2.05) is 11.9 Å². The molecule has 3 nitrogen and oxygen atoms in total. The van der Waals surface area contributed by atoms with Crippen LogP contribution < -0.4 is 0 Å². The smallest absolute Gasteiger partial charge is 0.231 e. The first kappa shape index (κ1) is 11.9. The lowest BCUT2D eigenvalue weighted by Crippen LogP contribution is -2.38. The minimum Gasteiger partial charge on any atom is -0.384 e. The molecule has 2 fully saturated rings. The van der Waals surface area contributed by atoms with E-state index in [9.17, 15) is 4.79 Å². The van der Waals surface area contributed by atoms with E-state index < -0.39 is 0 Å². The van der Waals surface area contributed by atoms with Crippen LogP contribution in [0.1, 0.15) is 27.2 Å². The average Bonchev–Trinajstić information content (AvgIpc) is 2.60. The van der Waals surface area contributed by atoms with Crippen molar-refractivity contribution in [1.29, 1.82) is 0 Å². The summed E-state index contributed by atoms with van der Waals surface area (Å²) in [5.74, 6) is 1.96. The molecule has 92 valence electrons. The summed E-state index contributed by atoms with van der Waals surface area (Å²) >= 11 is 0. The van der Waals surface area contributed by atoms with Crippen LogP contribution in [0.3, 0.4) is 0 Å². The number of fused-ring (bicyclic) bond motifs is 1. The van der Waals surface area contributed by atoms with E-state index in [2.05, 4.69) is 20.8 Å². The molecule has 1 heterocycles. The van der Waals surface area contributed by atoms with Crippen molar-refractivity contribution in [1.82, 2.24) is 4.90 Å². The number of carbonyl (C=O) groups is 1. The summed E-state index contributed by atoms with van der Waals surface area (Å²) in [4.78, 5) is 14.3. The Kier molecular flexibility index (Phi) is 2.77. The number of hydrogen-bond acceptors (Lipinski definition) is 2. The van der Waals surface area contributed by atoms with E-state index >= 15 is 0 Å². The number of ether oxygens (including phenoxy) is 1. The van der Waals surface area contributed by atoms with Crippen molar-refractivity contribution in [3.05, 3.63) is 0 Å². The zero-order valence-electron chi connectivity index (χ0n) is 11.0. The zero-order valence-corrected chi connectivity index (χ0v) is 11.0. The average molecular weight is 225 g/mol. The minimum atomic E-state index is -0.307. The Labute approximate surface area is 98.1 Å². The second-order valence-electron chi connectivity index (χ2n) is 5.97. The van der Waals surface area contributed by atoms with Crippen molar-refractivity contribution < 1.29 is 9.53 Å². The van der Waals surface area contributed by atoms with E-state index in [-0.39, 0.29) is 11.3 Å². The molecule has 1 aliphatic heterocycles. The van der Waals surface area contributed by atoms with Gasteiger partial charge in [-0.2, -0.15) is 0 Å². The first-order chi connectivity index (χ1) is 7.43. The van der Waals surface area contributed by atoms with Crippen LogP contribution in [0.25, 0.3) is 0 Å². The molecule has 16 heavy (non-hydrogen) atoms. The zero-order chi connectivity index (χ0) is 12.1. The van der Waals surface area contributed by atoms with Gasteiger partial charge in [0, 0.05) is 20.2 Å². The lowest BCUT2D eigenvalue weighted by atomic mass is 9.74. The van der Waals surface area contributed by atoms with E-state index in [0.717, 1.165) is 0 Å². The van der Waals surface area contributed by atoms with E-state index in [1.165, 1.54) is 6.42 Å². The van der Waals surface area contributed by atoms with Crippen molar-refractivity contribution in [2.24, 2.45) is 23.2 Å². The van der Waals surface area contributed by atoms with Crippen LogP contribution in [0, 0.1) is 23.2 Å². The Morgan fingerprint density at radius 1 is 1.44 bits per heavy atom. The predicted molar refractivity (Wildman–Crippen MR) is 63.0 cm³/mol. The maximum Gasteiger partial charge on any atom is 0.231 e. The maximum atomic E-state index is 12.4. The fourth-order valence-corrected chi connectivity index (χ4v) is 4.33. The van der Waals surface area contributed by atoms with Crippen molar-refractivity contribution in [3.63, 3.8) is 0 Å². The number of carbonyl (C=O) groups excluding carboxylic acids is 1. The van der Waals surface area contributed by atoms with Crippen LogP contribution in [0.5, 0.6) is 0 Å². The molecule has 2 aliphatic rings. The number of nitrogens with zero attached hydrogens (tertiary/aromatic N) is 1. The molecular weight excluding hydrogens is 202 g/mol. The Hall–Kier alpha value is -0.570. The molecule has 3 heteroatoms. The van der Waals surface area contributed by atoms with Gasteiger partial charge in [-0.1, -0.05) is 13.8 Å². The SMILES string of the molecule is COCC1(C)C(=O)N(C)C2C(C)CC(C)C21. The van der Waals surface area contributed by atoms with Crippen molar-refractivity contribution in [2.45, 2.75) is 33.2 Å². The Morgan fingerprint density at radius 2 is 2.06 bits per heavy atom. The van der Waals surface area contributed by atoms with Crippen molar-refractivity contribution in [3.8, 4) is 0 Å². The Bertz CT molecular complexity index is 304. The van der Waals surface area contributed by atoms with Crippen LogP contribution in [0.15, 0.2) is 0 Å². The standard InChI is InChI=1S/C13H23NO2/c1-8-6-9(2)11-10(8)13(3,7-16-5)12(15)14(11)4/h8-11H,6-7H2,1-5H3. The van der Waals surface area contributed by atoms with Gasteiger partial charge >= 0.3 is 0 Å². The molecule has 1 saturated carbocycles. The molecule has 5 atom stereocenters. The van der Waals surface area contributed by atoms with Gasteiger partial charge in [-0.15, -0.1) is 0 Å². The van der Waals surface area contributed by atoms with E-state index in [0.29, 0.717) is 30.4 Å². The fourth-order valence-electron chi connectivity index (χ4n) is 4.33. The third-order valence-corrected chi connectivity index (χ3v) is 4.74. The molecule has 0 aromatic heterocycles. The van der Waals surface area contributed by atoms with Crippen molar-refractivity contribution in [2.75, 3.05) is 20.8 Å². The van der Waals surface area contributed by atoms with Gasteiger partial charge in [0.25, 0.3) is 0 Å². The molecule has 1 saturated heterocycles. The van der Waals surface area contributed by atoms with Crippen LogP contribution in [-0.2, 0) is 9.53 Å². The number of methoxy groups -OCH3 is 1. The largest absolute Gasteiger partial charge is 0.384 e. The molecule has 0 radical (unpaired) electrons. The number of rotatable bonds is 2. The molecule has 0 spiro atoms. The summed E-state index contributed by atoms with van der Waals surface area (Å²) in [6, 6.07) is 0.419. The Balaban J connectivity index is 2.37. The summed E-state index contributed by atoms with van der Waals surface area (Å²) in [5.41, 5.74) is -0.307. The predicted octanol–water partition coefficient (Wildman–Crippen LogP) is 1.77. The summed E-state index contributed by atoms with van der Waals surface area (Å²) < 4.78 is 5.29. The molecular formula is C13H23NO2. The second kappa shape index (κ2) is 3.73. The highest BCUT2D eigenvalue weighted by Gasteiger charge is 2.61. The van der Waals surface area contributed by atoms with Gasteiger partial charge in [-0.25, -0.2) is 0 Å². The summed E-state index contributed by atoms with van der Waals surface area (Å²) in [6.07, 6.45) is 1.23. The molecule has 1 aliphatic carbocycles. The molecule has 0 aromatic rings. The quantitative estimate of drug-likeness (QED) is 0.717. The van der Waals surface area contributed by atoms with Gasteiger partial charge in [0.05, 0.1) is 12.0 Å². The highest BCUT2D eigenvalue weighted by Crippen LogP contribution is 2.53. The normalized spacial score (nSPS) is 47.6. The first-order valence-electron chi connectivity index (χ1n) is 6.19. The van der Waals surface area contributed by atoms with E-state index in [1.54, 1.807) is 7.11 Å². The highest BCUT2D eigenvalue weighted by atomic mass is 16.5. The van der Waals surface area contributed by atoms with Gasteiger partial charge in [0.15, 0.2) is 0 Å². The van der Waals surface area contributed by atoms with Gasteiger partial charge in [-0.05, 0) is 31.1 Å². The topological polar surface area (TPSA) is 29.5 Å². The van der Waals surface area contributed by atoms with Crippen LogP contribution in [-0.4, -0.2) is 37.6 Å². The Morgan fingerprint density at radius 3 is 2.62 bits per heavy atom. The van der Waals surface area contributed by atoms with Gasteiger partial charge in [-0.3, -0.25) is 4.79 Å². The molecule has 0 aromatic carbocycles. The van der Waals surface area contributed by atoms with Gasteiger partial charge < -0.3 is 9.64 Å². The number of likely N-dealkylation sites (tertiary alicyclic amines) is 1. The second-order valence-corrected chi connectivity index (χ2v) is 5.97. The molecule has 2 rings (SSSR count). The lowest BCUT2D eigenvalue weighted by molar-refractivity contribution is -0.139. The molecule has 1 amide bonds. The lowest BCUT2D eigenvalue weighted by Gasteiger charge is -2.29. The van der Waals surface area contributed by atoms with Crippen LogP contribution in [0.4, 0.5) is 0 Å². The van der Waals surface area contributed by atoms with Gasteiger partial charge in [0.1, 0.15) is 0 Å². The third-order valence-electron chi connectivity index (χ3n) is 4.74. The third kappa shape index (κ3) is 1.33. The summed E-state index contributed by atoms with van der Waals surface area (Å²) in [7, 11) is 3.64. The summed E-state index contributed by atoms with van der Waals surface area (Å²) in [5, 5.41) is 0. The molecule has 5 unspecified atom stereocenters. The maximum absolute atomic E-state index is 12.4. The monoisotopic (exact) mass is 225 g/mol. The van der Waals surface area contributed by atoms with Gasteiger partial charge in [0.2, 0.25) is 5.91 Å². The summed E-state index contributed by atoms with van der Waals surface area (Å²) in [6.45, 7) is 7.17. The molecule has 0 bridgehead atoms. The van der Waals surface area contributed by atoms with Crippen molar-refractivity contribution >= 4 is 5.91 Å². The first-order valence-corrected chi connectivity index (χ1v) is 6.19. The number of hydrogen-bond donors (Lipinski definition) is 0. The highest BCUT2D eigenvalue weighted by molar-refractivity contribution is 5.86. The minimum absolute atomic E-state index is 0.266. The molecule has 0 N–H and O–H groups in total.